The summed E-state index contributed by atoms with van der Waals surface area (Å²) in [6, 6.07) is 6.21. The third-order valence-electron chi connectivity index (χ3n) is 2.55. The van der Waals surface area contributed by atoms with Crippen LogP contribution in [0.2, 0.25) is 0 Å². The molecule has 0 fully saturated rings. The number of hydrogen-bond acceptors (Lipinski definition) is 2. The van der Waals surface area contributed by atoms with Gasteiger partial charge >= 0.3 is 6.18 Å². The number of hydrogen-bond donors (Lipinski definition) is 0. The molecule has 1 atom stereocenters. The Hall–Kier alpha value is -2.03. The van der Waals surface area contributed by atoms with Crippen molar-refractivity contribution in [1.82, 2.24) is 4.90 Å². The lowest BCUT2D eigenvalue weighted by molar-refractivity contribution is -0.137. The highest BCUT2D eigenvalue weighted by Gasteiger charge is 2.31. The molecule has 0 heterocycles. The minimum Gasteiger partial charge on any atom is -0.340 e. The standard InChI is InChI=1S/C13H13F3N2O/c1-9(7-17)8-18(2)12(19)10-4-3-5-11(6-10)13(14,15)16/h3-6,9H,8H2,1-2H3. The van der Waals surface area contributed by atoms with Gasteiger partial charge in [0.2, 0.25) is 0 Å². The van der Waals surface area contributed by atoms with Crippen LogP contribution in [-0.4, -0.2) is 24.4 Å². The zero-order valence-corrected chi connectivity index (χ0v) is 10.5. The number of rotatable bonds is 3. The molecule has 0 bridgehead atoms. The summed E-state index contributed by atoms with van der Waals surface area (Å²) >= 11 is 0. The minimum atomic E-state index is -4.48. The van der Waals surface area contributed by atoms with E-state index >= 15 is 0 Å². The monoisotopic (exact) mass is 270 g/mol. The lowest BCUT2D eigenvalue weighted by Gasteiger charge is -2.18. The predicted molar refractivity (Wildman–Crippen MR) is 63.2 cm³/mol. The van der Waals surface area contributed by atoms with E-state index in [1.165, 1.54) is 24.1 Å². The Labute approximate surface area is 109 Å². The fraction of sp³-hybridized carbons (Fsp3) is 0.385. The molecular formula is C13H13F3N2O. The molecule has 102 valence electrons. The van der Waals surface area contributed by atoms with E-state index in [2.05, 4.69) is 0 Å². The number of carbonyl (C=O) groups is 1. The maximum atomic E-state index is 12.5. The van der Waals surface area contributed by atoms with Crippen LogP contribution in [0.5, 0.6) is 0 Å². The van der Waals surface area contributed by atoms with Crippen molar-refractivity contribution in [1.29, 1.82) is 5.26 Å². The molecule has 1 aromatic rings. The van der Waals surface area contributed by atoms with E-state index in [0.717, 1.165) is 12.1 Å². The smallest absolute Gasteiger partial charge is 0.340 e. The van der Waals surface area contributed by atoms with Crippen LogP contribution in [0.4, 0.5) is 13.2 Å². The molecule has 0 aliphatic heterocycles. The maximum Gasteiger partial charge on any atom is 0.416 e. The molecule has 1 amide bonds. The molecule has 0 spiro atoms. The van der Waals surface area contributed by atoms with Crippen LogP contribution in [0, 0.1) is 17.2 Å². The molecule has 0 saturated heterocycles. The van der Waals surface area contributed by atoms with Gasteiger partial charge in [-0.25, -0.2) is 0 Å². The summed E-state index contributed by atoms with van der Waals surface area (Å²) in [6.45, 7) is 1.81. The summed E-state index contributed by atoms with van der Waals surface area (Å²) in [5, 5.41) is 8.65. The first-order chi connectivity index (χ1) is 8.75. The van der Waals surface area contributed by atoms with E-state index in [1.54, 1.807) is 6.92 Å². The molecule has 6 heteroatoms. The highest BCUT2D eigenvalue weighted by molar-refractivity contribution is 5.94. The number of nitrogens with zero attached hydrogens (tertiary/aromatic N) is 2. The highest BCUT2D eigenvalue weighted by atomic mass is 19.4. The van der Waals surface area contributed by atoms with Crippen LogP contribution in [0.15, 0.2) is 24.3 Å². The SMILES string of the molecule is CC(C#N)CN(C)C(=O)c1cccc(C(F)(F)F)c1. The van der Waals surface area contributed by atoms with Gasteiger partial charge < -0.3 is 4.90 Å². The van der Waals surface area contributed by atoms with Gasteiger partial charge in [-0.1, -0.05) is 6.07 Å². The van der Waals surface area contributed by atoms with Crippen LogP contribution in [0.3, 0.4) is 0 Å². The lowest BCUT2D eigenvalue weighted by Crippen LogP contribution is -2.30. The molecule has 1 unspecified atom stereocenters. The van der Waals surface area contributed by atoms with Crippen molar-refractivity contribution in [3.05, 3.63) is 35.4 Å². The first-order valence-electron chi connectivity index (χ1n) is 5.58. The summed E-state index contributed by atoms with van der Waals surface area (Å²) in [5.41, 5.74) is -0.900. The Morgan fingerprint density at radius 1 is 1.47 bits per heavy atom. The van der Waals surface area contributed by atoms with E-state index in [-0.39, 0.29) is 18.0 Å². The van der Waals surface area contributed by atoms with Crippen LogP contribution in [-0.2, 0) is 6.18 Å². The molecule has 1 aromatic carbocycles. The van der Waals surface area contributed by atoms with Crippen LogP contribution in [0.25, 0.3) is 0 Å². The third-order valence-corrected chi connectivity index (χ3v) is 2.55. The van der Waals surface area contributed by atoms with E-state index < -0.39 is 17.6 Å². The minimum absolute atomic E-state index is 0.0394. The van der Waals surface area contributed by atoms with Crippen molar-refractivity contribution >= 4 is 5.91 Å². The average molecular weight is 270 g/mol. The Morgan fingerprint density at radius 3 is 2.63 bits per heavy atom. The molecule has 0 aromatic heterocycles. The predicted octanol–water partition coefficient (Wildman–Crippen LogP) is 2.94. The summed E-state index contributed by atoms with van der Waals surface area (Å²) in [4.78, 5) is 13.2. The zero-order chi connectivity index (χ0) is 14.6. The van der Waals surface area contributed by atoms with Gasteiger partial charge in [-0.05, 0) is 25.1 Å². The van der Waals surface area contributed by atoms with E-state index in [0.29, 0.717) is 0 Å². The Morgan fingerprint density at radius 2 is 2.11 bits per heavy atom. The van der Waals surface area contributed by atoms with Gasteiger partial charge in [0.25, 0.3) is 5.91 Å². The van der Waals surface area contributed by atoms with Crippen molar-refractivity contribution in [3.63, 3.8) is 0 Å². The van der Waals surface area contributed by atoms with E-state index in [1.807, 2.05) is 6.07 Å². The molecule has 0 aliphatic carbocycles. The number of alkyl halides is 3. The summed E-state index contributed by atoms with van der Waals surface area (Å²) in [6.07, 6.45) is -4.48. The molecule has 0 N–H and O–H groups in total. The second-order valence-electron chi connectivity index (χ2n) is 4.29. The van der Waals surface area contributed by atoms with Gasteiger partial charge in [0, 0.05) is 19.2 Å². The number of nitriles is 1. The normalized spacial score (nSPS) is 12.6. The van der Waals surface area contributed by atoms with Crippen molar-refractivity contribution in [2.45, 2.75) is 13.1 Å². The topological polar surface area (TPSA) is 44.1 Å². The summed E-state index contributed by atoms with van der Waals surface area (Å²) in [5.74, 6) is -0.909. The van der Waals surface area contributed by atoms with Gasteiger partial charge in [-0.3, -0.25) is 4.79 Å². The summed E-state index contributed by atoms with van der Waals surface area (Å²) < 4.78 is 37.6. The third kappa shape index (κ3) is 3.98. The van der Waals surface area contributed by atoms with E-state index in [4.69, 9.17) is 5.26 Å². The fourth-order valence-corrected chi connectivity index (χ4v) is 1.58. The van der Waals surface area contributed by atoms with Gasteiger partial charge in [0.05, 0.1) is 17.6 Å². The van der Waals surface area contributed by atoms with Crippen molar-refractivity contribution in [3.8, 4) is 6.07 Å². The lowest BCUT2D eigenvalue weighted by atomic mass is 10.1. The molecule has 0 saturated carbocycles. The molecule has 0 aliphatic rings. The van der Waals surface area contributed by atoms with Gasteiger partial charge in [0.1, 0.15) is 0 Å². The van der Waals surface area contributed by atoms with Crippen molar-refractivity contribution < 1.29 is 18.0 Å². The van der Waals surface area contributed by atoms with Crippen LogP contribution < -0.4 is 0 Å². The number of benzene rings is 1. The fourth-order valence-electron chi connectivity index (χ4n) is 1.58. The molecule has 1 rings (SSSR count). The Bertz CT molecular complexity index is 505. The highest BCUT2D eigenvalue weighted by Crippen LogP contribution is 2.29. The maximum absolute atomic E-state index is 12.5. The first kappa shape index (κ1) is 15.0. The van der Waals surface area contributed by atoms with Gasteiger partial charge in [0.15, 0.2) is 0 Å². The quantitative estimate of drug-likeness (QED) is 0.847. The van der Waals surface area contributed by atoms with Crippen molar-refractivity contribution in [2.75, 3.05) is 13.6 Å². The van der Waals surface area contributed by atoms with Crippen LogP contribution >= 0.6 is 0 Å². The second-order valence-corrected chi connectivity index (χ2v) is 4.29. The Balaban J connectivity index is 2.92. The molecule has 19 heavy (non-hydrogen) atoms. The largest absolute Gasteiger partial charge is 0.416 e. The number of carbonyl (C=O) groups excluding carboxylic acids is 1. The average Bonchev–Trinajstić information content (AvgIpc) is 2.36. The summed E-state index contributed by atoms with van der Waals surface area (Å²) in [7, 11) is 1.45. The molecule has 3 nitrogen and oxygen atoms in total. The Kier molecular flexibility index (Phi) is 4.54. The molecular weight excluding hydrogens is 257 g/mol. The van der Waals surface area contributed by atoms with Crippen LogP contribution in [0.1, 0.15) is 22.8 Å². The first-order valence-corrected chi connectivity index (χ1v) is 5.58. The number of amides is 1. The van der Waals surface area contributed by atoms with E-state index in [9.17, 15) is 18.0 Å². The molecule has 0 radical (unpaired) electrons. The number of halogens is 3. The van der Waals surface area contributed by atoms with Crippen molar-refractivity contribution in [2.24, 2.45) is 5.92 Å². The van der Waals surface area contributed by atoms with Gasteiger partial charge in [-0.15, -0.1) is 0 Å². The van der Waals surface area contributed by atoms with Gasteiger partial charge in [-0.2, -0.15) is 18.4 Å². The zero-order valence-electron chi connectivity index (χ0n) is 10.5. The second kappa shape index (κ2) is 5.74.